The SMILES string of the molecule is CCCN(CC)C1CCC(C)(C)C1NCC. The lowest BCUT2D eigenvalue weighted by molar-refractivity contribution is 0.151. The molecule has 1 N–H and O–H groups in total. The molecule has 2 unspecified atom stereocenters. The smallest absolute Gasteiger partial charge is 0.0274 e. The third-order valence-electron chi connectivity index (χ3n) is 4.12. The van der Waals surface area contributed by atoms with Crippen LogP contribution in [0.2, 0.25) is 0 Å². The van der Waals surface area contributed by atoms with Crippen LogP contribution in [0, 0.1) is 5.41 Å². The minimum absolute atomic E-state index is 0.460. The molecular weight excluding hydrogens is 196 g/mol. The molecule has 0 aliphatic heterocycles. The van der Waals surface area contributed by atoms with E-state index in [4.69, 9.17) is 0 Å². The molecule has 1 aliphatic carbocycles. The van der Waals surface area contributed by atoms with E-state index in [1.54, 1.807) is 0 Å². The molecule has 0 radical (unpaired) electrons. The summed E-state index contributed by atoms with van der Waals surface area (Å²) in [5.41, 5.74) is 0.460. The van der Waals surface area contributed by atoms with Gasteiger partial charge in [0.1, 0.15) is 0 Å². The van der Waals surface area contributed by atoms with Gasteiger partial charge in [-0.25, -0.2) is 0 Å². The van der Waals surface area contributed by atoms with Crippen molar-refractivity contribution in [2.75, 3.05) is 19.6 Å². The largest absolute Gasteiger partial charge is 0.312 e. The molecule has 1 fully saturated rings. The maximum absolute atomic E-state index is 3.72. The molecule has 0 amide bonds. The second-order valence-corrected chi connectivity index (χ2v) is 5.76. The van der Waals surface area contributed by atoms with Crippen molar-refractivity contribution in [3.63, 3.8) is 0 Å². The molecule has 0 aromatic heterocycles. The summed E-state index contributed by atoms with van der Waals surface area (Å²) < 4.78 is 0. The number of hydrogen-bond donors (Lipinski definition) is 1. The van der Waals surface area contributed by atoms with E-state index >= 15 is 0 Å². The molecule has 2 heteroatoms. The molecule has 16 heavy (non-hydrogen) atoms. The van der Waals surface area contributed by atoms with Crippen LogP contribution in [0.25, 0.3) is 0 Å². The first-order valence-electron chi connectivity index (χ1n) is 7.04. The third kappa shape index (κ3) is 2.98. The molecule has 0 spiro atoms. The quantitative estimate of drug-likeness (QED) is 0.749. The van der Waals surface area contributed by atoms with Gasteiger partial charge in [0.25, 0.3) is 0 Å². The first kappa shape index (κ1) is 14.0. The Bertz CT molecular complexity index is 201. The molecule has 1 saturated carbocycles. The third-order valence-corrected chi connectivity index (χ3v) is 4.12. The normalized spacial score (nSPS) is 28.9. The molecule has 1 aliphatic rings. The van der Waals surface area contributed by atoms with Crippen molar-refractivity contribution in [1.82, 2.24) is 10.2 Å². The second kappa shape index (κ2) is 6.02. The fourth-order valence-corrected chi connectivity index (χ4v) is 3.23. The maximum atomic E-state index is 3.72. The van der Waals surface area contributed by atoms with Crippen molar-refractivity contribution >= 4 is 0 Å². The van der Waals surface area contributed by atoms with Crippen LogP contribution in [0.1, 0.15) is 53.9 Å². The minimum atomic E-state index is 0.460. The van der Waals surface area contributed by atoms with Gasteiger partial charge < -0.3 is 5.32 Å². The van der Waals surface area contributed by atoms with Crippen molar-refractivity contribution < 1.29 is 0 Å². The van der Waals surface area contributed by atoms with Crippen molar-refractivity contribution in [3.8, 4) is 0 Å². The van der Waals surface area contributed by atoms with Crippen LogP contribution in [0.15, 0.2) is 0 Å². The van der Waals surface area contributed by atoms with E-state index < -0.39 is 0 Å². The van der Waals surface area contributed by atoms with Crippen molar-refractivity contribution in [3.05, 3.63) is 0 Å². The lowest BCUT2D eigenvalue weighted by Crippen LogP contribution is -2.51. The number of rotatable bonds is 6. The molecule has 96 valence electrons. The summed E-state index contributed by atoms with van der Waals surface area (Å²) in [6.07, 6.45) is 3.98. The Balaban J connectivity index is 2.70. The molecule has 0 saturated heterocycles. The predicted octanol–water partition coefficient (Wildman–Crippen LogP) is 2.89. The first-order valence-corrected chi connectivity index (χ1v) is 7.04. The summed E-state index contributed by atoms with van der Waals surface area (Å²) >= 11 is 0. The topological polar surface area (TPSA) is 15.3 Å². The lowest BCUT2D eigenvalue weighted by atomic mass is 9.86. The van der Waals surface area contributed by atoms with Gasteiger partial charge in [-0.2, -0.15) is 0 Å². The highest BCUT2D eigenvalue weighted by molar-refractivity contribution is 5.00. The van der Waals surface area contributed by atoms with Crippen molar-refractivity contribution in [2.45, 2.75) is 66.0 Å². The molecular formula is C14H30N2. The minimum Gasteiger partial charge on any atom is -0.312 e. The second-order valence-electron chi connectivity index (χ2n) is 5.76. The average molecular weight is 226 g/mol. The van der Waals surface area contributed by atoms with Crippen LogP contribution in [-0.4, -0.2) is 36.6 Å². The van der Waals surface area contributed by atoms with E-state index in [0.717, 1.165) is 12.6 Å². The van der Waals surface area contributed by atoms with Gasteiger partial charge >= 0.3 is 0 Å². The molecule has 0 aromatic rings. The predicted molar refractivity (Wildman–Crippen MR) is 71.8 cm³/mol. The standard InChI is InChI=1S/C14H30N2/c1-6-11-16(8-3)12-9-10-14(4,5)13(12)15-7-2/h12-13,15H,6-11H2,1-5H3. The fraction of sp³-hybridized carbons (Fsp3) is 1.00. The number of nitrogens with zero attached hydrogens (tertiary/aromatic N) is 1. The van der Waals surface area contributed by atoms with Crippen molar-refractivity contribution in [2.24, 2.45) is 5.41 Å². The molecule has 2 nitrogen and oxygen atoms in total. The number of likely N-dealkylation sites (N-methyl/N-ethyl adjacent to an activating group) is 2. The maximum Gasteiger partial charge on any atom is 0.0274 e. The lowest BCUT2D eigenvalue weighted by Gasteiger charge is -2.37. The van der Waals surface area contributed by atoms with Gasteiger partial charge in [-0.3, -0.25) is 4.90 Å². The van der Waals surface area contributed by atoms with Crippen LogP contribution in [0.5, 0.6) is 0 Å². The average Bonchev–Trinajstić information content (AvgIpc) is 2.53. The fourth-order valence-electron chi connectivity index (χ4n) is 3.23. The van der Waals surface area contributed by atoms with Gasteiger partial charge in [0.15, 0.2) is 0 Å². The Labute approximate surface area is 102 Å². The Hall–Kier alpha value is -0.0800. The van der Waals surface area contributed by atoms with Crippen LogP contribution in [0.3, 0.4) is 0 Å². The van der Waals surface area contributed by atoms with E-state index in [1.807, 2.05) is 0 Å². The van der Waals surface area contributed by atoms with Gasteiger partial charge in [-0.15, -0.1) is 0 Å². The van der Waals surface area contributed by atoms with Crippen LogP contribution in [-0.2, 0) is 0 Å². The van der Waals surface area contributed by atoms with E-state index in [-0.39, 0.29) is 0 Å². The Kier molecular flexibility index (Phi) is 5.26. The van der Waals surface area contributed by atoms with E-state index in [0.29, 0.717) is 11.5 Å². The van der Waals surface area contributed by atoms with Gasteiger partial charge in [0.2, 0.25) is 0 Å². The van der Waals surface area contributed by atoms with Crippen molar-refractivity contribution in [1.29, 1.82) is 0 Å². The highest BCUT2D eigenvalue weighted by Gasteiger charge is 2.43. The van der Waals surface area contributed by atoms with Gasteiger partial charge in [0.05, 0.1) is 0 Å². The van der Waals surface area contributed by atoms with E-state index in [2.05, 4.69) is 44.8 Å². The molecule has 2 atom stereocenters. The highest BCUT2D eigenvalue weighted by Crippen LogP contribution is 2.39. The van der Waals surface area contributed by atoms with Crippen LogP contribution < -0.4 is 5.32 Å². The summed E-state index contributed by atoms with van der Waals surface area (Å²) in [5, 5.41) is 3.72. The van der Waals surface area contributed by atoms with E-state index in [1.165, 1.54) is 32.4 Å². The van der Waals surface area contributed by atoms with Gasteiger partial charge in [-0.05, 0) is 44.3 Å². The summed E-state index contributed by atoms with van der Waals surface area (Å²) in [7, 11) is 0. The molecule has 1 rings (SSSR count). The Morgan fingerprint density at radius 2 is 1.94 bits per heavy atom. The zero-order valence-corrected chi connectivity index (χ0v) is 11.8. The Morgan fingerprint density at radius 3 is 2.44 bits per heavy atom. The summed E-state index contributed by atoms with van der Waals surface area (Å²) in [6, 6.07) is 1.42. The number of hydrogen-bond acceptors (Lipinski definition) is 2. The van der Waals surface area contributed by atoms with E-state index in [9.17, 15) is 0 Å². The Morgan fingerprint density at radius 1 is 1.25 bits per heavy atom. The molecule has 0 heterocycles. The summed E-state index contributed by atoms with van der Waals surface area (Å²) in [4.78, 5) is 2.67. The monoisotopic (exact) mass is 226 g/mol. The van der Waals surface area contributed by atoms with Crippen LogP contribution >= 0.6 is 0 Å². The van der Waals surface area contributed by atoms with Gasteiger partial charge in [0, 0.05) is 12.1 Å². The van der Waals surface area contributed by atoms with Crippen LogP contribution in [0.4, 0.5) is 0 Å². The summed E-state index contributed by atoms with van der Waals surface area (Å²) in [6.45, 7) is 15.2. The summed E-state index contributed by atoms with van der Waals surface area (Å²) in [5.74, 6) is 0. The van der Waals surface area contributed by atoms with Gasteiger partial charge in [-0.1, -0.05) is 34.6 Å². The molecule has 0 bridgehead atoms. The molecule has 0 aromatic carbocycles. The highest BCUT2D eigenvalue weighted by atomic mass is 15.2. The zero-order valence-electron chi connectivity index (χ0n) is 11.8. The number of nitrogens with one attached hydrogen (secondary N) is 1. The first-order chi connectivity index (χ1) is 7.56. The zero-order chi connectivity index (χ0) is 12.2.